The summed E-state index contributed by atoms with van der Waals surface area (Å²) >= 11 is 0. The monoisotopic (exact) mass is 568 g/mol. The first kappa shape index (κ1) is 24.9. The lowest BCUT2D eigenvalue weighted by atomic mass is 9.95. The zero-order valence-electron chi connectivity index (χ0n) is 24.1. The van der Waals surface area contributed by atoms with Crippen LogP contribution in [0.25, 0.3) is 67.1 Å². The molecule has 0 radical (unpaired) electrons. The van der Waals surface area contributed by atoms with Gasteiger partial charge in [0.25, 0.3) is 0 Å². The third-order valence-electron chi connectivity index (χ3n) is 8.86. The van der Waals surface area contributed by atoms with Gasteiger partial charge in [-0.1, -0.05) is 78.9 Å². The van der Waals surface area contributed by atoms with Crippen molar-refractivity contribution in [2.24, 2.45) is 0 Å². The first-order valence-electron chi connectivity index (χ1n) is 15.2. The van der Waals surface area contributed by atoms with E-state index < -0.39 is 0 Å². The molecule has 6 heteroatoms. The Morgan fingerprint density at radius 1 is 0.523 bits per heavy atom. The van der Waals surface area contributed by atoms with Gasteiger partial charge in [0.05, 0.1) is 16.6 Å². The van der Waals surface area contributed by atoms with Gasteiger partial charge in [0.2, 0.25) is 5.95 Å². The van der Waals surface area contributed by atoms with Crippen LogP contribution in [0.3, 0.4) is 0 Å². The SMILES string of the molecule is c1ccc(-c2nc(-c3ccccc3)nc(-n3c4c(c5cc6c(cc53)c3cnccc3n6-c3ccccc3)CCCC4)n2)cc1. The Labute approximate surface area is 254 Å². The summed E-state index contributed by atoms with van der Waals surface area (Å²) in [5, 5.41) is 3.56. The second-order valence-corrected chi connectivity index (χ2v) is 11.4. The number of para-hydroxylation sites is 1. The van der Waals surface area contributed by atoms with Crippen LogP contribution in [-0.4, -0.2) is 29.1 Å². The van der Waals surface area contributed by atoms with Crippen LogP contribution >= 0.6 is 0 Å². The number of hydrogen-bond donors (Lipinski definition) is 0. The number of fused-ring (bicyclic) bond motifs is 6. The second kappa shape index (κ2) is 9.99. The molecule has 0 fully saturated rings. The molecule has 1 aliphatic carbocycles. The first-order chi connectivity index (χ1) is 21.8. The third-order valence-corrected chi connectivity index (χ3v) is 8.86. The Morgan fingerprint density at radius 3 is 1.84 bits per heavy atom. The van der Waals surface area contributed by atoms with E-state index in [1.54, 1.807) is 0 Å². The van der Waals surface area contributed by atoms with Gasteiger partial charge >= 0.3 is 0 Å². The number of aromatic nitrogens is 6. The van der Waals surface area contributed by atoms with Gasteiger partial charge in [0, 0.05) is 51.1 Å². The summed E-state index contributed by atoms with van der Waals surface area (Å²) in [5.74, 6) is 2.01. The number of rotatable bonds is 4. The number of aryl methyl sites for hydroxylation is 1. The molecule has 9 rings (SSSR count). The molecule has 0 N–H and O–H groups in total. The van der Waals surface area contributed by atoms with Gasteiger partial charge in [-0.3, -0.25) is 9.55 Å². The maximum absolute atomic E-state index is 5.15. The van der Waals surface area contributed by atoms with E-state index in [1.165, 1.54) is 34.0 Å². The predicted molar refractivity (Wildman–Crippen MR) is 176 cm³/mol. The molecule has 0 unspecified atom stereocenters. The molecule has 8 aromatic rings. The van der Waals surface area contributed by atoms with Crippen LogP contribution in [0, 0.1) is 0 Å². The van der Waals surface area contributed by atoms with Crippen LogP contribution in [-0.2, 0) is 12.8 Å². The van der Waals surface area contributed by atoms with Gasteiger partial charge in [0.1, 0.15) is 0 Å². The summed E-state index contributed by atoms with van der Waals surface area (Å²) in [6.45, 7) is 0. The van der Waals surface area contributed by atoms with E-state index in [1.807, 2.05) is 48.8 Å². The molecular weight excluding hydrogens is 540 g/mol. The van der Waals surface area contributed by atoms with E-state index >= 15 is 0 Å². The highest BCUT2D eigenvalue weighted by Crippen LogP contribution is 2.40. The summed E-state index contributed by atoms with van der Waals surface area (Å²) in [4.78, 5) is 19.8. The van der Waals surface area contributed by atoms with E-state index in [-0.39, 0.29) is 0 Å². The summed E-state index contributed by atoms with van der Waals surface area (Å²) < 4.78 is 4.67. The Bertz CT molecular complexity index is 2260. The maximum atomic E-state index is 5.15. The second-order valence-electron chi connectivity index (χ2n) is 11.4. The lowest BCUT2D eigenvalue weighted by Gasteiger charge is -2.16. The highest BCUT2D eigenvalue weighted by molar-refractivity contribution is 6.13. The summed E-state index contributed by atoms with van der Waals surface area (Å²) in [6.07, 6.45) is 8.22. The smallest absolute Gasteiger partial charge is 0.238 e. The molecule has 0 atom stereocenters. The lowest BCUT2D eigenvalue weighted by Crippen LogP contribution is -2.11. The lowest BCUT2D eigenvalue weighted by molar-refractivity contribution is 0.661. The normalized spacial score (nSPS) is 13.1. The maximum Gasteiger partial charge on any atom is 0.238 e. The number of hydrogen-bond acceptors (Lipinski definition) is 4. The molecule has 210 valence electrons. The van der Waals surface area contributed by atoms with Crippen LogP contribution in [0.4, 0.5) is 0 Å². The molecule has 44 heavy (non-hydrogen) atoms. The first-order valence-corrected chi connectivity index (χ1v) is 15.2. The van der Waals surface area contributed by atoms with E-state index in [0.29, 0.717) is 17.6 Å². The molecule has 0 spiro atoms. The quantitative estimate of drug-likeness (QED) is 0.214. The van der Waals surface area contributed by atoms with Crippen LogP contribution in [0.15, 0.2) is 122 Å². The summed E-state index contributed by atoms with van der Waals surface area (Å²) in [6, 6.07) is 37.8. The van der Waals surface area contributed by atoms with Crippen molar-refractivity contribution in [3.8, 4) is 34.4 Å². The third kappa shape index (κ3) is 3.88. The molecule has 4 aromatic carbocycles. The van der Waals surface area contributed by atoms with Crippen molar-refractivity contribution in [2.45, 2.75) is 25.7 Å². The van der Waals surface area contributed by atoms with Gasteiger partial charge in [-0.2, -0.15) is 9.97 Å². The Hall–Kier alpha value is -5.62. The number of benzene rings is 4. The van der Waals surface area contributed by atoms with Gasteiger partial charge in [-0.25, -0.2) is 4.98 Å². The van der Waals surface area contributed by atoms with Crippen LogP contribution in [0.2, 0.25) is 0 Å². The highest BCUT2D eigenvalue weighted by atomic mass is 15.2. The Kier molecular flexibility index (Phi) is 5.66. The molecule has 0 bridgehead atoms. The predicted octanol–water partition coefficient (Wildman–Crippen LogP) is 8.52. The van der Waals surface area contributed by atoms with Gasteiger partial charge in [-0.05, 0) is 61.6 Å². The van der Waals surface area contributed by atoms with Crippen molar-refractivity contribution in [1.29, 1.82) is 0 Å². The van der Waals surface area contributed by atoms with Gasteiger partial charge in [0.15, 0.2) is 11.6 Å². The fourth-order valence-corrected chi connectivity index (χ4v) is 6.88. The Balaban J connectivity index is 1.38. The van der Waals surface area contributed by atoms with Gasteiger partial charge in [-0.15, -0.1) is 0 Å². The van der Waals surface area contributed by atoms with E-state index in [0.717, 1.165) is 52.5 Å². The highest BCUT2D eigenvalue weighted by Gasteiger charge is 2.25. The Morgan fingerprint density at radius 2 is 1.14 bits per heavy atom. The summed E-state index contributed by atoms with van der Waals surface area (Å²) in [7, 11) is 0. The van der Waals surface area contributed by atoms with Crippen molar-refractivity contribution in [1.82, 2.24) is 29.1 Å². The van der Waals surface area contributed by atoms with Crippen LogP contribution in [0.1, 0.15) is 24.1 Å². The van der Waals surface area contributed by atoms with Crippen molar-refractivity contribution in [3.05, 3.63) is 133 Å². The molecule has 4 heterocycles. The number of nitrogens with zero attached hydrogens (tertiary/aromatic N) is 6. The molecule has 0 saturated carbocycles. The topological polar surface area (TPSA) is 61.4 Å². The zero-order valence-corrected chi connectivity index (χ0v) is 24.1. The minimum absolute atomic E-state index is 0.662. The molecule has 4 aromatic heterocycles. The minimum atomic E-state index is 0.662. The summed E-state index contributed by atoms with van der Waals surface area (Å²) in [5.41, 5.74) is 9.25. The van der Waals surface area contributed by atoms with Crippen LogP contribution < -0.4 is 0 Å². The molecule has 0 saturated heterocycles. The fraction of sp³-hybridized carbons (Fsp3) is 0.105. The molecule has 0 aliphatic heterocycles. The van der Waals surface area contributed by atoms with Crippen molar-refractivity contribution in [2.75, 3.05) is 0 Å². The van der Waals surface area contributed by atoms with Crippen molar-refractivity contribution in [3.63, 3.8) is 0 Å². The molecular formula is C38H28N6. The fourth-order valence-electron chi connectivity index (χ4n) is 6.88. The standard InChI is InChI=1S/C38H28N6/c1-4-12-25(13-5-1)36-40-37(26-14-6-2-7-15-26)42-38(41-36)44-32-19-11-10-18-28(32)29-22-34-30(23-35(29)44)31-24-39-21-20-33(31)43(34)27-16-8-3-9-17-27/h1-9,12-17,20-24H,10-11,18-19H2. The van der Waals surface area contributed by atoms with Crippen LogP contribution in [0.5, 0.6) is 0 Å². The molecule has 1 aliphatic rings. The van der Waals surface area contributed by atoms with E-state index in [4.69, 9.17) is 15.0 Å². The largest absolute Gasteiger partial charge is 0.309 e. The van der Waals surface area contributed by atoms with Crippen molar-refractivity contribution < 1.29 is 0 Å². The molecule has 6 nitrogen and oxygen atoms in total. The number of pyridine rings is 1. The van der Waals surface area contributed by atoms with E-state index in [9.17, 15) is 0 Å². The van der Waals surface area contributed by atoms with Gasteiger partial charge < -0.3 is 4.57 Å². The van der Waals surface area contributed by atoms with Crippen molar-refractivity contribution >= 4 is 32.7 Å². The average molecular weight is 569 g/mol. The van der Waals surface area contributed by atoms with E-state index in [2.05, 4.69) is 86.9 Å². The molecule has 0 amide bonds. The minimum Gasteiger partial charge on any atom is -0.309 e. The average Bonchev–Trinajstić information content (AvgIpc) is 3.60. The zero-order chi connectivity index (χ0) is 29.0.